The molecule has 4 heterocycles. The zero-order valence-electron chi connectivity index (χ0n) is 16.6. The molecule has 1 N–H and O–H groups in total. The van der Waals surface area contributed by atoms with Gasteiger partial charge in [-0.2, -0.15) is 0 Å². The number of pyridine rings is 2. The summed E-state index contributed by atoms with van der Waals surface area (Å²) in [6, 6.07) is 15.2. The van der Waals surface area contributed by atoms with Crippen LogP contribution in [0.15, 0.2) is 64.9 Å². The van der Waals surface area contributed by atoms with E-state index in [9.17, 15) is 9.59 Å². The highest BCUT2D eigenvalue weighted by Crippen LogP contribution is 2.30. The van der Waals surface area contributed by atoms with Gasteiger partial charge >= 0.3 is 5.97 Å². The van der Waals surface area contributed by atoms with Crippen LogP contribution in [0.25, 0.3) is 26.7 Å². The van der Waals surface area contributed by atoms with E-state index < -0.39 is 5.97 Å². The van der Waals surface area contributed by atoms with E-state index in [1.807, 2.05) is 54.8 Å². The molecule has 1 saturated heterocycles. The summed E-state index contributed by atoms with van der Waals surface area (Å²) in [6.07, 6.45) is 3.59. The lowest BCUT2D eigenvalue weighted by molar-refractivity contribution is 0.0271. The van der Waals surface area contributed by atoms with Gasteiger partial charge in [0.2, 0.25) is 0 Å². The Labute approximate surface area is 177 Å². The maximum atomic E-state index is 13.3. The molecule has 0 aliphatic carbocycles. The molecule has 1 fully saturated rings. The van der Waals surface area contributed by atoms with Crippen molar-refractivity contribution in [2.24, 2.45) is 0 Å². The maximum absolute atomic E-state index is 13.3. The zero-order chi connectivity index (χ0) is 20.7. The molecule has 30 heavy (non-hydrogen) atoms. The van der Waals surface area contributed by atoms with Gasteiger partial charge in [-0.1, -0.05) is 30.3 Å². The van der Waals surface area contributed by atoms with E-state index >= 15 is 0 Å². The summed E-state index contributed by atoms with van der Waals surface area (Å²) in [5.74, 6) is -0.396. The zero-order valence-corrected chi connectivity index (χ0v) is 17.4. The fourth-order valence-corrected chi connectivity index (χ4v) is 5.16. The summed E-state index contributed by atoms with van der Waals surface area (Å²) in [4.78, 5) is 26.6. The fourth-order valence-electron chi connectivity index (χ4n) is 4.21. The normalized spacial score (nSPS) is 17.4. The van der Waals surface area contributed by atoms with Crippen LogP contribution in [0.2, 0.25) is 0 Å². The third kappa shape index (κ3) is 3.22. The van der Waals surface area contributed by atoms with Gasteiger partial charge in [0.15, 0.2) is 0 Å². The highest BCUT2D eigenvalue weighted by atomic mass is 32.1. The molecule has 1 aromatic carbocycles. The van der Waals surface area contributed by atoms with Crippen LogP contribution < -0.4 is 10.9 Å². The molecular weight excluding hydrogens is 396 g/mol. The number of carbonyl (C=O) groups excluding carboxylic acids is 1. The first-order valence-electron chi connectivity index (χ1n) is 10.2. The van der Waals surface area contributed by atoms with Gasteiger partial charge in [0.25, 0.3) is 5.56 Å². The van der Waals surface area contributed by atoms with Gasteiger partial charge in [0.1, 0.15) is 6.10 Å². The van der Waals surface area contributed by atoms with E-state index in [1.54, 1.807) is 16.7 Å². The molecule has 4 aromatic rings. The second-order valence-electron chi connectivity index (χ2n) is 7.70. The van der Waals surface area contributed by atoms with Crippen molar-refractivity contribution in [2.75, 3.05) is 6.54 Å². The Hall–Kier alpha value is -2.96. The number of esters is 1. The second kappa shape index (κ2) is 7.70. The van der Waals surface area contributed by atoms with E-state index in [4.69, 9.17) is 4.74 Å². The first kappa shape index (κ1) is 19.0. The van der Waals surface area contributed by atoms with Crippen LogP contribution in [0.3, 0.4) is 0 Å². The number of rotatable bonds is 4. The molecule has 0 bridgehead atoms. The average molecular weight is 419 g/mol. The predicted molar refractivity (Wildman–Crippen MR) is 120 cm³/mol. The molecule has 0 amide bonds. The Balaban J connectivity index is 1.70. The molecule has 1 unspecified atom stereocenters. The van der Waals surface area contributed by atoms with Crippen LogP contribution in [0.1, 0.15) is 30.1 Å². The fraction of sp³-hybridized carbons (Fsp3) is 0.250. The van der Waals surface area contributed by atoms with Gasteiger partial charge in [-0.05, 0) is 60.8 Å². The molecule has 0 radical (unpaired) electrons. The molecule has 0 saturated carbocycles. The van der Waals surface area contributed by atoms with Crippen LogP contribution in [-0.4, -0.2) is 29.1 Å². The number of benzene rings is 1. The summed E-state index contributed by atoms with van der Waals surface area (Å²) < 4.78 is 8.36. The summed E-state index contributed by atoms with van der Waals surface area (Å²) in [7, 11) is 0. The average Bonchev–Trinajstić information content (AvgIpc) is 3.46. The van der Waals surface area contributed by atoms with E-state index in [2.05, 4.69) is 5.32 Å². The molecule has 1 aliphatic heterocycles. The molecule has 5 rings (SSSR count). The number of hydrogen-bond acceptors (Lipinski definition) is 5. The van der Waals surface area contributed by atoms with Crippen molar-refractivity contribution in [1.82, 2.24) is 9.72 Å². The van der Waals surface area contributed by atoms with Gasteiger partial charge in [0.05, 0.1) is 15.8 Å². The number of nitrogens with one attached hydrogen (secondary N) is 1. The minimum absolute atomic E-state index is 0.145. The third-order valence-electron chi connectivity index (χ3n) is 5.81. The van der Waals surface area contributed by atoms with E-state index in [-0.39, 0.29) is 17.7 Å². The van der Waals surface area contributed by atoms with Crippen molar-refractivity contribution < 1.29 is 9.53 Å². The van der Waals surface area contributed by atoms with Crippen LogP contribution >= 0.6 is 11.3 Å². The smallest absolute Gasteiger partial charge is 0.340 e. The summed E-state index contributed by atoms with van der Waals surface area (Å²) in [6.45, 7) is 2.88. The molecule has 1 aliphatic rings. The molecule has 5 nitrogen and oxygen atoms in total. The van der Waals surface area contributed by atoms with Crippen LogP contribution in [0.4, 0.5) is 0 Å². The van der Waals surface area contributed by atoms with Crippen molar-refractivity contribution >= 4 is 32.9 Å². The Bertz CT molecular complexity index is 1290. The number of hydrogen-bond donors (Lipinski definition) is 1. The SMILES string of the molecule is CC(OC(=O)c1cc(-c2ccccc2)c(=O)n2ccc3ccsc3c12)[C@@H]1CCCN1. The van der Waals surface area contributed by atoms with Crippen LogP contribution in [0.5, 0.6) is 0 Å². The molecule has 2 atom stereocenters. The van der Waals surface area contributed by atoms with Crippen molar-refractivity contribution in [3.05, 3.63) is 76.0 Å². The van der Waals surface area contributed by atoms with Crippen LogP contribution in [-0.2, 0) is 4.74 Å². The summed E-state index contributed by atoms with van der Waals surface area (Å²) in [5.41, 5.74) is 2.16. The van der Waals surface area contributed by atoms with Gasteiger partial charge < -0.3 is 10.1 Å². The van der Waals surface area contributed by atoms with Gasteiger partial charge in [0, 0.05) is 17.8 Å². The first-order valence-corrected chi connectivity index (χ1v) is 11.1. The molecule has 0 spiro atoms. The summed E-state index contributed by atoms with van der Waals surface area (Å²) >= 11 is 1.52. The maximum Gasteiger partial charge on any atom is 0.340 e. The number of carbonyl (C=O) groups is 1. The molecule has 152 valence electrons. The Kier molecular flexibility index (Phi) is 4.89. The topological polar surface area (TPSA) is 59.8 Å². The Morgan fingerprint density at radius 3 is 2.83 bits per heavy atom. The van der Waals surface area contributed by atoms with Crippen LogP contribution in [0, 0.1) is 0 Å². The number of aromatic nitrogens is 1. The minimum Gasteiger partial charge on any atom is -0.457 e. The van der Waals surface area contributed by atoms with Crippen molar-refractivity contribution in [1.29, 1.82) is 0 Å². The van der Waals surface area contributed by atoms with Gasteiger partial charge in [-0.3, -0.25) is 9.20 Å². The molecule has 6 heteroatoms. The molecule has 3 aromatic heterocycles. The predicted octanol–water partition coefficient (Wildman–Crippen LogP) is 4.48. The van der Waals surface area contributed by atoms with E-state index in [0.29, 0.717) is 16.6 Å². The minimum atomic E-state index is -0.396. The van der Waals surface area contributed by atoms with Gasteiger partial charge in [-0.25, -0.2) is 4.79 Å². The monoisotopic (exact) mass is 418 g/mol. The summed E-state index contributed by atoms with van der Waals surface area (Å²) in [5, 5.41) is 6.37. The number of fused-ring (bicyclic) bond motifs is 3. The first-order chi connectivity index (χ1) is 14.6. The molecular formula is C24H22N2O3S. The van der Waals surface area contributed by atoms with Crippen molar-refractivity contribution in [3.8, 4) is 11.1 Å². The largest absolute Gasteiger partial charge is 0.457 e. The lowest BCUT2D eigenvalue weighted by Gasteiger charge is -2.20. The lowest BCUT2D eigenvalue weighted by atomic mass is 10.0. The number of nitrogens with zero attached hydrogens (tertiary/aromatic N) is 1. The second-order valence-corrected chi connectivity index (χ2v) is 8.61. The Morgan fingerprint density at radius 1 is 1.23 bits per heavy atom. The van der Waals surface area contributed by atoms with E-state index in [0.717, 1.165) is 35.0 Å². The number of ether oxygens (including phenoxy) is 1. The number of thiophene rings is 1. The third-order valence-corrected chi connectivity index (χ3v) is 6.75. The lowest BCUT2D eigenvalue weighted by Crippen LogP contribution is -2.36. The van der Waals surface area contributed by atoms with Gasteiger partial charge in [-0.15, -0.1) is 11.3 Å². The van der Waals surface area contributed by atoms with Crippen molar-refractivity contribution in [3.63, 3.8) is 0 Å². The van der Waals surface area contributed by atoms with Crippen molar-refractivity contribution in [2.45, 2.75) is 31.9 Å². The quantitative estimate of drug-likeness (QED) is 0.497. The highest BCUT2D eigenvalue weighted by Gasteiger charge is 2.26. The standard InChI is InChI=1S/C24H22N2O3S/c1-15(20-8-5-11-25-20)29-24(28)19-14-18(16-6-3-2-4-7-16)23(27)26-12-9-17-10-13-30-22(17)21(19)26/h2-4,6-7,9-10,12-15,20,25H,5,8,11H2,1H3/t15?,20-/m0/s1. The highest BCUT2D eigenvalue weighted by molar-refractivity contribution is 7.18. The van der Waals surface area contributed by atoms with E-state index in [1.165, 1.54) is 11.3 Å². The Morgan fingerprint density at radius 2 is 2.07 bits per heavy atom.